The molecule has 3 saturated heterocycles. The van der Waals surface area contributed by atoms with Crippen molar-refractivity contribution < 1.29 is 14.6 Å². The molecule has 1 aromatic rings. The number of aryl methyl sites for hydroxylation is 1. The van der Waals surface area contributed by atoms with Crippen LogP contribution in [0.3, 0.4) is 0 Å². The van der Waals surface area contributed by atoms with Crippen LogP contribution in [0.25, 0.3) is 0 Å². The third-order valence-corrected chi connectivity index (χ3v) is 5.89. The van der Waals surface area contributed by atoms with Gasteiger partial charge in [0.05, 0.1) is 30.2 Å². The molecular weight excluding hydrogens is 294 g/mol. The van der Waals surface area contributed by atoms with E-state index in [1.165, 1.54) is 0 Å². The van der Waals surface area contributed by atoms with Gasteiger partial charge in [-0.05, 0) is 13.3 Å². The predicted octanol–water partition coefficient (Wildman–Crippen LogP) is 0.773. The van der Waals surface area contributed by atoms with Gasteiger partial charge < -0.3 is 14.6 Å². The predicted molar refractivity (Wildman–Crippen MR) is 83.8 cm³/mol. The van der Waals surface area contributed by atoms with Crippen LogP contribution < -0.4 is 0 Å². The van der Waals surface area contributed by atoms with Gasteiger partial charge in [-0.15, -0.1) is 0 Å². The first kappa shape index (κ1) is 15.4. The Hall–Kier alpha value is -1.08. The van der Waals surface area contributed by atoms with E-state index >= 15 is 0 Å². The number of aromatic nitrogens is 2. The van der Waals surface area contributed by atoms with Crippen molar-refractivity contribution in [3.05, 3.63) is 23.8 Å². The van der Waals surface area contributed by atoms with E-state index in [4.69, 9.17) is 9.47 Å². The lowest BCUT2D eigenvalue weighted by atomic mass is 9.66. The van der Waals surface area contributed by atoms with E-state index in [9.17, 15) is 5.11 Å². The van der Waals surface area contributed by atoms with Crippen molar-refractivity contribution >= 4 is 0 Å². The lowest BCUT2D eigenvalue weighted by molar-refractivity contribution is -0.221. The molecule has 3 aliphatic rings. The van der Waals surface area contributed by atoms with Crippen LogP contribution in [-0.4, -0.2) is 64.6 Å². The van der Waals surface area contributed by atoms with E-state index in [-0.39, 0.29) is 11.8 Å². The van der Waals surface area contributed by atoms with Crippen LogP contribution in [0.1, 0.15) is 24.2 Å². The molecule has 0 aliphatic carbocycles. The van der Waals surface area contributed by atoms with E-state index < -0.39 is 5.60 Å². The smallest absolute Gasteiger partial charge is 0.0796 e. The highest BCUT2D eigenvalue weighted by Crippen LogP contribution is 2.44. The fourth-order valence-electron chi connectivity index (χ4n) is 4.53. The van der Waals surface area contributed by atoms with E-state index in [2.05, 4.69) is 14.9 Å². The minimum atomic E-state index is -0.642. The standard InChI is InChI=1S/C17H25N3O3/c1-12-15(19-5-4-18-12)9-20-8-13-10-23-7-3-17(13,21)14-11-22-6-2-16(14)20/h4-5,13-14,16,21H,2-3,6-11H2,1H3/t13-,14+,16-,17-/m1/s1. The van der Waals surface area contributed by atoms with Crippen molar-refractivity contribution in [1.82, 2.24) is 14.9 Å². The summed E-state index contributed by atoms with van der Waals surface area (Å²) in [5, 5.41) is 11.3. The van der Waals surface area contributed by atoms with Gasteiger partial charge >= 0.3 is 0 Å². The Morgan fingerprint density at radius 1 is 1.26 bits per heavy atom. The lowest BCUT2D eigenvalue weighted by Gasteiger charge is -2.57. The maximum absolute atomic E-state index is 11.3. The van der Waals surface area contributed by atoms with Crippen LogP contribution in [0.5, 0.6) is 0 Å². The summed E-state index contributed by atoms with van der Waals surface area (Å²) in [5.74, 6) is 0.312. The number of likely N-dealkylation sites (tertiary alicyclic amines) is 1. The minimum absolute atomic E-state index is 0.149. The molecule has 6 heteroatoms. The summed E-state index contributed by atoms with van der Waals surface area (Å²) >= 11 is 0. The van der Waals surface area contributed by atoms with Crippen molar-refractivity contribution in [2.45, 2.75) is 38.0 Å². The first-order valence-electron chi connectivity index (χ1n) is 8.57. The number of nitrogens with zero attached hydrogens (tertiary/aromatic N) is 3. The molecule has 4 rings (SSSR count). The Bertz CT molecular complexity index is 570. The number of aliphatic hydroxyl groups is 1. The van der Waals surface area contributed by atoms with E-state index in [0.29, 0.717) is 25.9 Å². The first-order chi connectivity index (χ1) is 11.2. The van der Waals surface area contributed by atoms with Crippen molar-refractivity contribution in [2.24, 2.45) is 11.8 Å². The molecule has 0 radical (unpaired) electrons. The maximum Gasteiger partial charge on any atom is 0.0796 e. The molecule has 0 amide bonds. The largest absolute Gasteiger partial charge is 0.389 e. The van der Waals surface area contributed by atoms with Crippen LogP contribution in [0.2, 0.25) is 0 Å². The molecule has 126 valence electrons. The van der Waals surface area contributed by atoms with E-state index in [1.807, 2.05) is 6.92 Å². The Kier molecular flexibility index (Phi) is 4.09. The van der Waals surface area contributed by atoms with Gasteiger partial charge in [0.15, 0.2) is 0 Å². The summed E-state index contributed by atoms with van der Waals surface area (Å²) in [4.78, 5) is 11.3. The third kappa shape index (κ3) is 2.67. The molecule has 4 heterocycles. The molecular formula is C17H25N3O3. The average Bonchev–Trinajstić information content (AvgIpc) is 2.58. The zero-order valence-electron chi connectivity index (χ0n) is 13.6. The number of hydrogen-bond donors (Lipinski definition) is 1. The van der Waals surface area contributed by atoms with Gasteiger partial charge in [-0.25, -0.2) is 0 Å². The van der Waals surface area contributed by atoms with Crippen LogP contribution in [-0.2, 0) is 16.0 Å². The summed E-state index contributed by atoms with van der Waals surface area (Å²) in [6.07, 6.45) is 5.19. The van der Waals surface area contributed by atoms with Crippen molar-refractivity contribution in [1.29, 1.82) is 0 Å². The highest BCUT2D eigenvalue weighted by molar-refractivity contribution is 5.11. The summed E-state index contributed by atoms with van der Waals surface area (Å²) < 4.78 is 11.4. The third-order valence-electron chi connectivity index (χ3n) is 5.89. The maximum atomic E-state index is 11.3. The van der Waals surface area contributed by atoms with Gasteiger partial charge in [0, 0.05) is 63.0 Å². The SMILES string of the molecule is Cc1nccnc1CN1C[C@@H]2COCC[C@]2(O)[C@H]2COCC[C@H]21. The molecule has 0 bridgehead atoms. The van der Waals surface area contributed by atoms with Crippen LogP contribution in [0.4, 0.5) is 0 Å². The average molecular weight is 319 g/mol. The van der Waals surface area contributed by atoms with Crippen molar-refractivity contribution in [3.8, 4) is 0 Å². The highest BCUT2D eigenvalue weighted by Gasteiger charge is 2.55. The second-order valence-corrected chi connectivity index (χ2v) is 7.07. The second kappa shape index (κ2) is 6.09. The summed E-state index contributed by atoms with van der Waals surface area (Å²) in [6, 6.07) is 0.351. The van der Waals surface area contributed by atoms with E-state index in [0.717, 1.165) is 43.9 Å². The molecule has 6 nitrogen and oxygen atoms in total. The Morgan fingerprint density at radius 2 is 2.09 bits per heavy atom. The number of piperidine rings is 1. The summed E-state index contributed by atoms with van der Waals surface area (Å²) in [6.45, 7) is 6.35. The summed E-state index contributed by atoms with van der Waals surface area (Å²) in [5.41, 5.74) is 1.37. The van der Waals surface area contributed by atoms with Crippen molar-refractivity contribution in [2.75, 3.05) is 33.0 Å². The summed E-state index contributed by atoms with van der Waals surface area (Å²) in [7, 11) is 0. The fourth-order valence-corrected chi connectivity index (χ4v) is 4.53. The first-order valence-corrected chi connectivity index (χ1v) is 8.57. The molecule has 23 heavy (non-hydrogen) atoms. The fraction of sp³-hybridized carbons (Fsp3) is 0.765. The Morgan fingerprint density at radius 3 is 2.96 bits per heavy atom. The molecule has 1 aromatic heterocycles. The van der Waals surface area contributed by atoms with Gasteiger partial charge in [-0.3, -0.25) is 14.9 Å². The molecule has 3 aliphatic heterocycles. The zero-order valence-corrected chi connectivity index (χ0v) is 13.6. The van der Waals surface area contributed by atoms with Crippen LogP contribution in [0, 0.1) is 18.8 Å². The van der Waals surface area contributed by atoms with Crippen molar-refractivity contribution in [3.63, 3.8) is 0 Å². The monoisotopic (exact) mass is 319 g/mol. The molecule has 0 spiro atoms. The highest BCUT2D eigenvalue weighted by atomic mass is 16.5. The normalized spacial score (nSPS) is 37.9. The van der Waals surface area contributed by atoms with Gasteiger partial charge in [0.25, 0.3) is 0 Å². The van der Waals surface area contributed by atoms with Gasteiger partial charge in [0.2, 0.25) is 0 Å². The molecule has 3 fully saturated rings. The molecule has 0 aromatic carbocycles. The number of ether oxygens (including phenoxy) is 2. The molecule has 4 atom stereocenters. The van der Waals surface area contributed by atoms with Gasteiger partial charge in [-0.2, -0.15) is 0 Å². The Balaban J connectivity index is 1.61. The molecule has 0 unspecified atom stereocenters. The van der Waals surface area contributed by atoms with Crippen LogP contribution >= 0.6 is 0 Å². The quantitative estimate of drug-likeness (QED) is 0.869. The number of fused-ring (bicyclic) bond motifs is 3. The molecule has 1 N–H and O–H groups in total. The number of rotatable bonds is 2. The topological polar surface area (TPSA) is 67.7 Å². The lowest BCUT2D eigenvalue weighted by Crippen LogP contribution is -2.67. The Labute approximate surface area is 136 Å². The molecule has 0 saturated carbocycles. The van der Waals surface area contributed by atoms with Gasteiger partial charge in [-0.1, -0.05) is 0 Å². The second-order valence-electron chi connectivity index (χ2n) is 7.07. The zero-order chi connectivity index (χ0) is 15.9. The number of hydrogen-bond acceptors (Lipinski definition) is 6. The minimum Gasteiger partial charge on any atom is -0.389 e. The van der Waals surface area contributed by atoms with E-state index in [1.54, 1.807) is 12.4 Å². The van der Waals surface area contributed by atoms with Crippen LogP contribution in [0.15, 0.2) is 12.4 Å². The van der Waals surface area contributed by atoms with Gasteiger partial charge in [0.1, 0.15) is 0 Å².